The molecule has 30 heavy (non-hydrogen) atoms. The number of amides is 1. The largest absolute Gasteiger partial charge is 0.494 e. The number of ether oxygens (including phenoxy) is 2. The Balaban J connectivity index is 1.91. The summed E-state index contributed by atoms with van der Waals surface area (Å²) in [6.45, 7) is 3.24. The molecule has 10 heteroatoms. The molecule has 1 unspecified atom stereocenters. The van der Waals surface area contributed by atoms with E-state index >= 15 is 0 Å². The van der Waals surface area contributed by atoms with E-state index in [0.29, 0.717) is 23.1 Å². The predicted octanol–water partition coefficient (Wildman–Crippen LogP) is 2.93. The number of hydrogen-bond acceptors (Lipinski definition) is 6. The highest BCUT2D eigenvalue weighted by atomic mass is 35.5. The lowest BCUT2D eigenvalue weighted by atomic mass is 10.3. The smallest absolute Gasteiger partial charge is 0.322 e. The van der Waals surface area contributed by atoms with Gasteiger partial charge in [-0.1, -0.05) is 11.6 Å². The van der Waals surface area contributed by atoms with Gasteiger partial charge in [-0.15, -0.1) is 0 Å². The molecule has 0 aliphatic rings. The Morgan fingerprint density at radius 3 is 2.27 bits per heavy atom. The summed E-state index contributed by atoms with van der Waals surface area (Å²) < 4.78 is 36.2. The zero-order valence-electron chi connectivity index (χ0n) is 16.8. The molecular formula is C20H23ClN2O6S. The van der Waals surface area contributed by atoms with Crippen molar-refractivity contribution >= 4 is 39.2 Å². The summed E-state index contributed by atoms with van der Waals surface area (Å²) >= 11 is 5.77. The third kappa shape index (κ3) is 6.45. The number of hydrogen-bond donors (Lipinski definition) is 1. The van der Waals surface area contributed by atoms with Crippen molar-refractivity contribution in [2.45, 2.75) is 24.8 Å². The average molecular weight is 455 g/mol. The minimum atomic E-state index is -3.90. The van der Waals surface area contributed by atoms with Gasteiger partial charge in [-0.2, -0.15) is 4.31 Å². The molecular weight excluding hydrogens is 432 g/mol. The normalized spacial score (nSPS) is 12.3. The number of carbonyl (C=O) groups excluding carboxylic acids is 2. The Morgan fingerprint density at radius 1 is 1.10 bits per heavy atom. The highest BCUT2D eigenvalue weighted by Crippen LogP contribution is 2.18. The van der Waals surface area contributed by atoms with E-state index in [9.17, 15) is 18.0 Å². The number of likely N-dealkylation sites (N-methyl/N-ethyl adjacent to an activating group) is 1. The molecule has 0 aliphatic carbocycles. The number of esters is 1. The maximum atomic E-state index is 12.5. The monoisotopic (exact) mass is 454 g/mol. The molecule has 0 saturated carbocycles. The summed E-state index contributed by atoms with van der Waals surface area (Å²) in [5.74, 6) is -0.736. The summed E-state index contributed by atoms with van der Waals surface area (Å²) in [5.41, 5.74) is 0.508. The number of sulfonamides is 1. The molecule has 0 heterocycles. The molecule has 0 aliphatic heterocycles. The Kier molecular flexibility index (Phi) is 8.22. The molecule has 162 valence electrons. The van der Waals surface area contributed by atoms with Crippen molar-refractivity contribution in [2.24, 2.45) is 0 Å². The molecule has 1 amide bonds. The van der Waals surface area contributed by atoms with E-state index in [-0.39, 0.29) is 4.90 Å². The zero-order valence-corrected chi connectivity index (χ0v) is 18.4. The Labute approximate surface area is 180 Å². The summed E-state index contributed by atoms with van der Waals surface area (Å²) in [7, 11) is -2.66. The number of rotatable bonds is 9. The predicted molar refractivity (Wildman–Crippen MR) is 113 cm³/mol. The first-order valence-electron chi connectivity index (χ1n) is 9.08. The summed E-state index contributed by atoms with van der Waals surface area (Å²) in [5, 5.41) is 3.01. The number of nitrogens with one attached hydrogen (secondary N) is 1. The maximum Gasteiger partial charge on any atom is 0.322 e. The molecule has 2 aromatic rings. The first kappa shape index (κ1) is 23.7. The van der Waals surface area contributed by atoms with E-state index in [1.165, 1.54) is 38.2 Å². The topological polar surface area (TPSA) is 102 Å². The van der Waals surface area contributed by atoms with Crippen LogP contribution in [0.15, 0.2) is 53.4 Å². The molecule has 0 fully saturated rings. The van der Waals surface area contributed by atoms with Crippen LogP contribution in [0.2, 0.25) is 5.02 Å². The molecule has 8 nitrogen and oxygen atoms in total. The van der Waals surface area contributed by atoms with E-state index in [0.717, 1.165) is 4.31 Å². The second kappa shape index (κ2) is 10.4. The fraction of sp³-hybridized carbons (Fsp3) is 0.300. The van der Waals surface area contributed by atoms with Crippen LogP contribution in [-0.2, 0) is 24.3 Å². The first-order valence-corrected chi connectivity index (χ1v) is 10.9. The van der Waals surface area contributed by atoms with E-state index in [1.807, 2.05) is 6.92 Å². The van der Waals surface area contributed by atoms with E-state index in [4.69, 9.17) is 21.1 Å². The van der Waals surface area contributed by atoms with Crippen LogP contribution in [0.5, 0.6) is 5.75 Å². The van der Waals surface area contributed by atoms with Gasteiger partial charge in [-0.3, -0.25) is 9.59 Å². The molecule has 0 bridgehead atoms. The second-order valence-electron chi connectivity index (χ2n) is 6.29. The van der Waals surface area contributed by atoms with Gasteiger partial charge in [0.15, 0.2) is 6.10 Å². The van der Waals surface area contributed by atoms with E-state index in [1.54, 1.807) is 24.3 Å². The van der Waals surface area contributed by atoms with Gasteiger partial charge in [0.05, 0.1) is 11.5 Å². The fourth-order valence-corrected chi connectivity index (χ4v) is 3.63. The van der Waals surface area contributed by atoms with Gasteiger partial charge in [-0.25, -0.2) is 8.42 Å². The lowest BCUT2D eigenvalue weighted by molar-refractivity contribution is -0.153. The van der Waals surface area contributed by atoms with Crippen LogP contribution in [0.25, 0.3) is 0 Å². The highest BCUT2D eigenvalue weighted by molar-refractivity contribution is 7.89. The number of anilines is 1. The van der Waals surface area contributed by atoms with Crippen LogP contribution in [0.4, 0.5) is 5.69 Å². The highest BCUT2D eigenvalue weighted by Gasteiger charge is 2.25. The molecule has 0 spiro atoms. The minimum Gasteiger partial charge on any atom is -0.494 e. The van der Waals surface area contributed by atoms with Crippen molar-refractivity contribution in [2.75, 3.05) is 25.5 Å². The van der Waals surface area contributed by atoms with Gasteiger partial charge in [0.25, 0.3) is 5.91 Å². The van der Waals surface area contributed by atoms with Crippen LogP contribution in [0.1, 0.15) is 13.8 Å². The average Bonchev–Trinajstić information content (AvgIpc) is 2.69. The SMILES string of the molecule is CCOc1ccc(NC(=O)C(C)OC(=O)CN(C)S(=O)(=O)c2ccc(Cl)cc2)cc1. The van der Waals surface area contributed by atoms with Gasteiger partial charge in [0, 0.05) is 17.8 Å². The molecule has 0 aromatic heterocycles. The summed E-state index contributed by atoms with van der Waals surface area (Å²) in [6.07, 6.45) is -1.12. The van der Waals surface area contributed by atoms with Crippen LogP contribution >= 0.6 is 11.6 Å². The van der Waals surface area contributed by atoms with Gasteiger partial charge < -0.3 is 14.8 Å². The van der Waals surface area contributed by atoms with Gasteiger partial charge >= 0.3 is 5.97 Å². The molecule has 0 saturated heterocycles. The van der Waals surface area contributed by atoms with Crippen molar-refractivity contribution in [1.82, 2.24) is 4.31 Å². The van der Waals surface area contributed by atoms with Gasteiger partial charge in [0.2, 0.25) is 10.0 Å². The Bertz CT molecular complexity index is 977. The van der Waals surface area contributed by atoms with Crippen molar-refractivity contribution in [1.29, 1.82) is 0 Å². The van der Waals surface area contributed by atoms with E-state index < -0.39 is 34.5 Å². The second-order valence-corrected chi connectivity index (χ2v) is 8.78. The molecule has 1 atom stereocenters. The van der Waals surface area contributed by atoms with Crippen molar-refractivity contribution in [3.8, 4) is 5.75 Å². The van der Waals surface area contributed by atoms with Crippen molar-refractivity contribution < 1.29 is 27.5 Å². The molecule has 2 rings (SSSR count). The van der Waals surface area contributed by atoms with Crippen LogP contribution in [0.3, 0.4) is 0 Å². The Hall–Kier alpha value is -2.62. The standard InChI is InChI=1S/C20H23ClN2O6S/c1-4-28-17-9-7-16(8-10-17)22-20(25)14(2)29-19(24)13-23(3)30(26,27)18-11-5-15(21)6-12-18/h5-12,14H,4,13H2,1-3H3,(H,22,25). The zero-order chi connectivity index (χ0) is 22.3. The molecule has 1 N–H and O–H groups in total. The minimum absolute atomic E-state index is 0.0107. The molecule has 0 radical (unpaired) electrons. The third-order valence-corrected chi connectivity index (χ3v) is 6.05. The number of benzene rings is 2. The number of nitrogens with zero attached hydrogens (tertiary/aromatic N) is 1. The lowest BCUT2D eigenvalue weighted by Crippen LogP contribution is -2.37. The lowest BCUT2D eigenvalue weighted by Gasteiger charge is -2.18. The maximum absolute atomic E-state index is 12.5. The number of carbonyl (C=O) groups is 2. The Morgan fingerprint density at radius 2 is 1.70 bits per heavy atom. The summed E-state index contributed by atoms with van der Waals surface area (Å²) in [6, 6.07) is 12.3. The fourth-order valence-electron chi connectivity index (χ4n) is 2.39. The summed E-state index contributed by atoms with van der Waals surface area (Å²) in [4.78, 5) is 24.3. The van der Waals surface area contributed by atoms with Gasteiger partial charge in [-0.05, 0) is 62.4 Å². The van der Waals surface area contributed by atoms with Crippen molar-refractivity contribution in [3.63, 3.8) is 0 Å². The van der Waals surface area contributed by atoms with Crippen LogP contribution < -0.4 is 10.1 Å². The van der Waals surface area contributed by atoms with E-state index in [2.05, 4.69) is 5.32 Å². The first-order chi connectivity index (χ1) is 14.1. The third-order valence-electron chi connectivity index (χ3n) is 3.98. The molecule has 2 aromatic carbocycles. The quantitative estimate of drug-likeness (QED) is 0.584. The van der Waals surface area contributed by atoms with Crippen LogP contribution in [-0.4, -0.2) is 50.9 Å². The van der Waals surface area contributed by atoms with Crippen molar-refractivity contribution in [3.05, 3.63) is 53.6 Å². The van der Waals surface area contributed by atoms with Crippen LogP contribution in [0, 0.1) is 0 Å². The van der Waals surface area contributed by atoms with Gasteiger partial charge in [0.1, 0.15) is 12.3 Å². The number of halogens is 1.